The summed E-state index contributed by atoms with van der Waals surface area (Å²) in [4.78, 5) is 6.44. The van der Waals surface area contributed by atoms with E-state index in [0.717, 1.165) is 60.3 Å². The molecule has 3 heterocycles. The van der Waals surface area contributed by atoms with Crippen LogP contribution < -0.4 is 0 Å². The number of aromatic nitrogens is 4. The second kappa shape index (κ2) is 7.35. The molecular formula is C22H21ClFN5. The molecule has 0 amide bonds. The number of fused-ring (bicyclic) bond motifs is 3. The maximum Gasteiger partial charge on any atom is 0.151 e. The molecule has 1 aliphatic heterocycles. The summed E-state index contributed by atoms with van der Waals surface area (Å²) in [6.45, 7) is 1.54. The second-order valence-corrected chi connectivity index (χ2v) is 8.23. The summed E-state index contributed by atoms with van der Waals surface area (Å²) in [7, 11) is 2.08. The number of allylic oxidation sites excluding steroid dienone is 2. The van der Waals surface area contributed by atoms with Gasteiger partial charge in [-0.2, -0.15) is 0 Å². The van der Waals surface area contributed by atoms with Crippen LogP contribution in [0.1, 0.15) is 48.1 Å². The third kappa shape index (κ3) is 3.36. The summed E-state index contributed by atoms with van der Waals surface area (Å²) >= 11 is 6.25. The number of hydrogen-bond acceptors (Lipinski definition) is 4. The van der Waals surface area contributed by atoms with Gasteiger partial charge in [-0.05, 0) is 67.8 Å². The normalized spacial score (nSPS) is 19.3. The average Bonchev–Trinajstić information content (AvgIpc) is 3.06. The lowest BCUT2D eigenvalue weighted by atomic mass is 9.87. The van der Waals surface area contributed by atoms with Crippen molar-refractivity contribution in [3.05, 3.63) is 76.4 Å². The fourth-order valence-electron chi connectivity index (χ4n) is 4.35. The van der Waals surface area contributed by atoms with Crippen LogP contribution in [0.3, 0.4) is 0 Å². The zero-order valence-corrected chi connectivity index (χ0v) is 16.9. The number of pyridine rings is 1. The topological polar surface area (TPSA) is 46.8 Å². The molecule has 0 saturated heterocycles. The largest absolute Gasteiger partial charge is 0.295 e. The molecule has 1 unspecified atom stereocenters. The molecule has 29 heavy (non-hydrogen) atoms. The van der Waals surface area contributed by atoms with Crippen LogP contribution in [0.5, 0.6) is 0 Å². The van der Waals surface area contributed by atoms with Gasteiger partial charge in [-0.15, -0.1) is 10.2 Å². The Hall–Kier alpha value is -2.57. The van der Waals surface area contributed by atoms with Gasteiger partial charge in [0.2, 0.25) is 0 Å². The van der Waals surface area contributed by atoms with E-state index in [9.17, 15) is 4.39 Å². The highest BCUT2D eigenvalue weighted by Crippen LogP contribution is 2.37. The molecule has 1 aliphatic carbocycles. The molecule has 5 nitrogen and oxygen atoms in total. The van der Waals surface area contributed by atoms with E-state index in [1.165, 1.54) is 11.6 Å². The van der Waals surface area contributed by atoms with Crippen molar-refractivity contribution in [2.45, 2.75) is 38.3 Å². The van der Waals surface area contributed by atoms with Crippen molar-refractivity contribution < 1.29 is 4.39 Å². The zero-order valence-electron chi connectivity index (χ0n) is 16.1. The third-order valence-electron chi connectivity index (χ3n) is 5.73. The predicted octanol–water partition coefficient (Wildman–Crippen LogP) is 4.75. The van der Waals surface area contributed by atoms with Crippen LogP contribution in [-0.4, -0.2) is 31.7 Å². The molecule has 3 aromatic rings. The van der Waals surface area contributed by atoms with E-state index in [-0.39, 0.29) is 11.7 Å². The smallest absolute Gasteiger partial charge is 0.151 e. The van der Waals surface area contributed by atoms with Crippen molar-refractivity contribution >= 4 is 17.2 Å². The molecule has 0 bridgehead atoms. The first kappa shape index (κ1) is 18.5. The van der Waals surface area contributed by atoms with Crippen molar-refractivity contribution in [2.75, 3.05) is 7.05 Å². The van der Waals surface area contributed by atoms with Crippen molar-refractivity contribution in [2.24, 2.45) is 0 Å². The molecule has 0 N–H and O–H groups in total. The van der Waals surface area contributed by atoms with E-state index in [1.807, 2.05) is 12.1 Å². The average molecular weight is 410 g/mol. The Bertz CT molecular complexity index is 1110. The maximum atomic E-state index is 14.1. The minimum absolute atomic E-state index is 0.235. The molecule has 0 radical (unpaired) electrons. The fourth-order valence-corrected chi connectivity index (χ4v) is 4.55. The maximum absolute atomic E-state index is 14.1. The minimum atomic E-state index is -0.262. The van der Waals surface area contributed by atoms with Crippen LogP contribution in [0, 0.1) is 5.82 Å². The molecule has 2 aromatic heterocycles. The summed E-state index contributed by atoms with van der Waals surface area (Å²) < 4.78 is 16.3. The minimum Gasteiger partial charge on any atom is -0.295 e. The van der Waals surface area contributed by atoms with Gasteiger partial charge in [0.05, 0.1) is 12.2 Å². The van der Waals surface area contributed by atoms with Gasteiger partial charge in [0.25, 0.3) is 0 Å². The molecule has 2 aliphatic rings. The van der Waals surface area contributed by atoms with Crippen LogP contribution in [0.15, 0.2) is 42.6 Å². The predicted molar refractivity (Wildman–Crippen MR) is 110 cm³/mol. The van der Waals surface area contributed by atoms with Crippen LogP contribution in [-0.2, 0) is 13.1 Å². The highest BCUT2D eigenvalue weighted by atomic mass is 35.5. The van der Waals surface area contributed by atoms with Gasteiger partial charge in [-0.3, -0.25) is 14.5 Å². The van der Waals surface area contributed by atoms with Crippen LogP contribution >= 0.6 is 11.6 Å². The highest BCUT2D eigenvalue weighted by Gasteiger charge is 2.28. The van der Waals surface area contributed by atoms with Crippen LogP contribution in [0.4, 0.5) is 4.39 Å². The van der Waals surface area contributed by atoms with Crippen molar-refractivity contribution in [3.63, 3.8) is 0 Å². The van der Waals surface area contributed by atoms with E-state index in [0.29, 0.717) is 5.69 Å². The third-order valence-corrected chi connectivity index (χ3v) is 5.96. The summed E-state index contributed by atoms with van der Waals surface area (Å²) in [5, 5.41) is 9.80. The van der Waals surface area contributed by atoms with Gasteiger partial charge in [-0.1, -0.05) is 17.7 Å². The molecule has 148 valence electrons. The Morgan fingerprint density at radius 2 is 2.07 bits per heavy atom. The number of rotatable bonds is 2. The first-order chi connectivity index (χ1) is 14.1. The lowest BCUT2D eigenvalue weighted by Gasteiger charge is -2.22. The summed E-state index contributed by atoms with van der Waals surface area (Å²) in [6.07, 6.45) is 6.20. The van der Waals surface area contributed by atoms with Crippen LogP contribution in [0.25, 0.3) is 11.3 Å². The van der Waals surface area contributed by atoms with Gasteiger partial charge in [0, 0.05) is 23.7 Å². The monoisotopic (exact) mass is 409 g/mol. The second-order valence-electron chi connectivity index (χ2n) is 7.79. The van der Waals surface area contributed by atoms with Crippen molar-refractivity contribution in [3.8, 4) is 5.69 Å². The summed E-state index contributed by atoms with van der Waals surface area (Å²) in [6, 6.07) is 9.08. The molecular weight excluding hydrogens is 389 g/mol. The van der Waals surface area contributed by atoms with E-state index < -0.39 is 0 Å². The van der Waals surface area contributed by atoms with Gasteiger partial charge < -0.3 is 0 Å². The Morgan fingerprint density at radius 3 is 2.86 bits per heavy atom. The standard InChI is InChI=1S/C22H21ClFN5/c1-28-12-16-11-17(23)8-9-19(16)29-20(13-28)26-27-22(29)15-6-4-14(5-7-15)21-18(24)3-2-10-25-21/h2-4,8-11,15H,5-7,12-13H2,1H3. The lowest BCUT2D eigenvalue weighted by Crippen LogP contribution is -2.16. The van der Waals surface area contributed by atoms with Crippen LogP contribution in [0.2, 0.25) is 5.02 Å². The Morgan fingerprint density at radius 1 is 1.17 bits per heavy atom. The van der Waals surface area contributed by atoms with Gasteiger partial charge in [0.1, 0.15) is 17.3 Å². The van der Waals surface area contributed by atoms with Gasteiger partial charge >= 0.3 is 0 Å². The van der Waals surface area contributed by atoms with Crippen molar-refractivity contribution in [1.82, 2.24) is 24.6 Å². The van der Waals surface area contributed by atoms with Gasteiger partial charge in [-0.25, -0.2) is 4.39 Å². The summed E-state index contributed by atoms with van der Waals surface area (Å²) in [5.41, 5.74) is 3.70. The lowest BCUT2D eigenvalue weighted by molar-refractivity contribution is 0.315. The number of benzene rings is 1. The Kier molecular flexibility index (Phi) is 4.68. The number of halogens is 2. The van der Waals surface area contributed by atoms with Gasteiger partial charge in [0.15, 0.2) is 5.82 Å². The first-order valence-corrected chi connectivity index (χ1v) is 10.2. The van der Waals surface area contributed by atoms with Crippen molar-refractivity contribution in [1.29, 1.82) is 0 Å². The number of nitrogens with zero attached hydrogens (tertiary/aromatic N) is 5. The quantitative estimate of drug-likeness (QED) is 0.612. The molecule has 0 fully saturated rings. The SMILES string of the molecule is CN1Cc2cc(Cl)ccc2-n2c(nnc2C2CC=C(c3ncccc3F)CC2)C1. The molecule has 0 spiro atoms. The van der Waals surface area contributed by atoms with E-state index in [1.54, 1.807) is 12.3 Å². The molecule has 0 saturated carbocycles. The fraction of sp³-hybridized carbons (Fsp3) is 0.318. The molecule has 1 aromatic carbocycles. The van der Waals surface area contributed by atoms with E-state index >= 15 is 0 Å². The molecule has 1 atom stereocenters. The molecule has 7 heteroatoms. The van der Waals surface area contributed by atoms with E-state index in [4.69, 9.17) is 11.6 Å². The molecule has 5 rings (SSSR count). The van der Waals surface area contributed by atoms with E-state index in [2.05, 4.69) is 43.8 Å². The Balaban J connectivity index is 1.51. The number of hydrogen-bond donors (Lipinski definition) is 0. The highest BCUT2D eigenvalue weighted by molar-refractivity contribution is 6.30. The Labute approximate surface area is 173 Å². The zero-order chi connectivity index (χ0) is 20.0. The first-order valence-electron chi connectivity index (χ1n) is 9.81. The summed E-state index contributed by atoms with van der Waals surface area (Å²) in [5.74, 6) is 1.88.